The van der Waals surface area contributed by atoms with Gasteiger partial charge in [0.05, 0.1) is 18.8 Å². The van der Waals surface area contributed by atoms with Crippen LogP contribution in [0, 0.1) is 5.41 Å². The number of piperidine rings is 1. The van der Waals surface area contributed by atoms with Crippen molar-refractivity contribution >= 4 is 17.2 Å². The van der Waals surface area contributed by atoms with Crippen molar-refractivity contribution in [3.05, 3.63) is 22.4 Å². The van der Waals surface area contributed by atoms with Gasteiger partial charge in [0, 0.05) is 37.0 Å². The smallest absolute Gasteiger partial charge is 0.254 e. The lowest BCUT2D eigenvalue weighted by Crippen LogP contribution is -2.52. The monoisotopic (exact) mass is 308 g/mol. The topological polar surface area (TPSA) is 32.8 Å². The maximum atomic E-state index is 12.6. The van der Waals surface area contributed by atoms with Gasteiger partial charge >= 0.3 is 0 Å². The molecule has 1 aromatic heterocycles. The fraction of sp³-hybridized carbons (Fsp3) is 0.688. The molecule has 2 aliphatic heterocycles. The summed E-state index contributed by atoms with van der Waals surface area (Å²) in [6.45, 7) is 8.64. The molecule has 116 valence electrons. The molecule has 0 aliphatic carbocycles. The third kappa shape index (κ3) is 3.30. The van der Waals surface area contributed by atoms with Gasteiger partial charge in [0.2, 0.25) is 0 Å². The Morgan fingerprint density at radius 3 is 3.10 bits per heavy atom. The van der Waals surface area contributed by atoms with Crippen molar-refractivity contribution in [3.63, 3.8) is 0 Å². The molecule has 2 fully saturated rings. The highest BCUT2D eigenvalue weighted by Crippen LogP contribution is 2.33. The molecule has 1 atom stereocenters. The Morgan fingerprint density at radius 2 is 2.33 bits per heavy atom. The van der Waals surface area contributed by atoms with E-state index in [0.717, 1.165) is 64.3 Å². The summed E-state index contributed by atoms with van der Waals surface area (Å²) in [5.41, 5.74) is 0.954. The van der Waals surface area contributed by atoms with Crippen molar-refractivity contribution in [2.45, 2.75) is 19.8 Å². The Balaban J connectivity index is 1.73. The van der Waals surface area contributed by atoms with E-state index in [2.05, 4.69) is 11.8 Å². The van der Waals surface area contributed by atoms with Gasteiger partial charge < -0.3 is 14.5 Å². The van der Waals surface area contributed by atoms with Crippen LogP contribution in [0.4, 0.5) is 0 Å². The van der Waals surface area contributed by atoms with Gasteiger partial charge in [0.25, 0.3) is 5.91 Å². The third-order valence-corrected chi connectivity index (χ3v) is 5.37. The number of amides is 1. The number of nitrogens with zero attached hydrogens (tertiary/aromatic N) is 2. The first-order valence-corrected chi connectivity index (χ1v) is 8.78. The summed E-state index contributed by atoms with van der Waals surface area (Å²) in [5.74, 6) is 0.183. The zero-order valence-electron chi connectivity index (χ0n) is 12.7. The van der Waals surface area contributed by atoms with Gasteiger partial charge in [-0.1, -0.05) is 6.92 Å². The van der Waals surface area contributed by atoms with Crippen molar-refractivity contribution in [3.8, 4) is 0 Å². The lowest BCUT2D eigenvalue weighted by atomic mass is 9.80. The lowest BCUT2D eigenvalue weighted by Gasteiger charge is -2.43. The minimum atomic E-state index is 0.121. The molecule has 0 radical (unpaired) electrons. The molecule has 0 saturated carbocycles. The molecule has 0 N–H and O–H groups in total. The summed E-state index contributed by atoms with van der Waals surface area (Å²) in [6.07, 6.45) is 2.24. The van der Waals surface area contributed by atoms with E-state index in [1.165, 1.54) is 0 Å². The number of likely N-dealkylation sites (tertiary alicyclic amines) is 1. The molecule has 21 heavy (non-hydrogen) atoms. The van der Waals surface area contributed by atoms with Gasteiger partial charge in [-0.2, -0.15) is 11.3 Å². The highest BCUT2D eigenvalue weighted by atomic mass is 32.1. The third-order valence-electron chi connectivity index (χ3n) is 4.68. The number of carbonyl (C=O) groups excluding carboxylic acids is 1. The van der Waals surface area contributed by atoms with Crippen molar-refractivity contribution < 1.29 is 9.53 Å². The van der Waals surface area contributed by atoms with Gasteiger partial charge in [-0.3, -0.25) is 4.79 Å². The standard InChI is InChI=1S/C16H24N2O2S/c1-2-17-7-8-20-13-16(11-17)5-3-6-18(12-16)15(19)14-4-9-21-10-14/h4,9-10H,2-3,5-8,11-13H2,1H3/t16-/m0/s1. The van der Waals surface area contributed by atoms with Crippen molar-refractivity contribution in [1.82, 2.24) is 9.80 Å². The number of hydrogen-bond acceptors (Lipinski definition) is 4. The molecule has 1 spiro atoms. The SMILES string of the molecule is CCN1CCOC[C@@]2(CCCN(C(=O)c3ccsc3)C2)C1. The summed E-state index contributed by atoms with van der Waals surface area (Å²) in [5, 5.41) is 3.92. The number of ether oxygens (including phenoxy) is 1. The van der Waals surface area contributed by atoms with Crippen LogP contribution >= 0.6 is 11.3 Å². The zero-order chi connectivity index (χ0) is 14.7. The summed E-state index contributed by atoms with van der Waals surface area (Å²) in [6, 6.07) is 1.93. The molecule has 0 unspecified atom stereocenters. The largest absolute Gasteiger partial charge is 0.379 e. The van der Waals surface area contributed by atoms with Crippen LogP contribution in [0.25, 0.3) is 0 Å². The van der Waals surface area contributed by atoms with E-state index in [9.17, 15) is 4.79 Å². The highest BCUT2D eigenvalue weighted by molar-refractivity contribution is 7.08. The highest BCUT2D eigenvalue weighted by Gasteiger charge is 2.40. The van der Waals surface area contributed by atoms with Gasteiger partial charge in [-0.15, -0.1) is 0 Å². The van der Waals surface area contributed by atoms with Crippen LogP contribution in [0.2, 0.25) is 0 Å². The summed E-state index contributed by atoms with van der Waals surface area (Å²) < 4.78 is 5.86. The average Bonchev–Trinajstić information content (AvgIpc) is 2.97. The first-order chi connectivity index (χ1) is 10.2. The second kappa shape index (κ2) is 6.46. The average molecular weight is 308 g/mol. The van der Waals surface area contributed by atoms with E-state index in [-0.39, 0.29) is 11.3 Å². The Hall–Kier alpha value is -0.910. The molecular weight excluding hydrogens is 284 g/mol. The Bertz CT molecular complexity index is 477. The zero-order valence-corrected chi connectivity index (χ0v) is 13.5. The minimum Gasteiger partial charge on any atom is -0.379 e. The van der Waals surface area contributed by atoms with Crippen LogP contribution in [0.15, 0.2) is 16.8 Å². The molecule has 3 rings (SSSR count). The number of thiophene rings is 1. The second-order valence-corrected chi connectivity index (χ2v) is 7.04. The Morgan fingerprint density at radius 1 is 1.43 bits per heavy atom. The van der Waals surface area contributed by atoms with Crippen LogP contribution in [0.1, 0.15) is 30.1 Å². The number of likely N-dealkylation sites (N-methyl/N-ethyl adjacent to an activating group) is 1. The van der Waals surface area contributed by atoms with E-state index < -0.39 is 0 Å². The maximum absolute atomic E-state index is 12.6. The Kier molecular flexibility index (Phi) is 4.62. The van der Waals surface area contributed by atoms with Crippen molar-refractivity contribution in [1.29, 1.82) is 0 Å². The predicted molar refractivity (Wildman–Crippen MR) is 84.8 cm³/mol. The number of carbonyl (C=O) groups is 1. The summed E-state index contributed by atoms with van der Waals surface area (Å²) >= 11 is 1.59. The van der Waals surface area contributed by atoms with E-state index in [4.69, 9.17) is 4.74 Å². The van der Waals surface area contributed by atoms with Gasteiger partial charge in [0.15, 0.2) is 0 Å². The lowest BCUT2D eigenvalue weighted by molar-refractivity contribution is 0.00769. The molecule has 4 nitrogen and oxygen atoms in total. The minimum absolute atomic E-state index is 0.121. The van der Waals surface area contributed by atoms with Gasteiger partial charge in [0.1, 0.15) is 0 Å². The van der Waals surface area contributed by atoms with Crippen molar-refractivity contribution in [2.24, 2.45) is 5.41 Å². The van der Waals surface area contributed by atoms with E-state index in [0.29, 0.717) is 0 Å². The first-order valence-electron chi connectivity index (χ1n) is 7.84. The van der Waals surface area contributed by atoms with E-state index in [1.807, 2.05) is 21.7 Å². The fourth-order valence-corrected chi connectivity index (χ4v) is 4.18. The quantitative estimate of drug-likeness (QED) is 0.840. The number of rotatable bonds is 2. The molecule has 2 aliphatic rings. The normalized spacial score (nSPS) is 27.8. The van der Waals surface area contributed by atoms with Crippen molar-refractivity contribution in [2.75, 3.05) is 45.9 Å². The molecular formula is C16H24N2O2S. The molecule has 2 saturated heterocycles. The molecule has 5 heteroatoms. The predicted octanol–water partition coefficient (Wildman–Crippen LogP) is 2.32. The molecule has 3 heterocycles. The molecule has 1 amide bonds. The summed E-state index contributed by atoms with van der Waals surface area (Å²) in [7, 11) is 0. The molecule has 0 aromatic carbocycles. The Labute approximate surface area is 130 Å². The first kappa shape index (κ1) is 15.0. The van der Waals surface area contributed by atoms with Crippen LogP contribution in [-0.4, -0.2) is 61.6 Å². The number of hydrogen-bond donors (Lipinski definition) is 0. The maximum Gasteiger partial charge on any atom is 0.254 e. The van der Waals surface area contributed by atoms with Crippen LogP contribution < -0.4 is 0 Å². The van der Waals surface area contributed by atoms with Gasteiger partial charge in [-0.05, 0) is 30.8 Å². The van der Waals surface area contributed by atoms with Crippen LogP contribution in [0.5, 0.6) is 0 Å². The fourth-order valence-electron chi connectivity index (χ4n) is 3.55. The van der Waals surface area contributed by atoms with Crippen LogP contribution in [0.3, 0.4) is 0 Å². The van der Waals surface area contributed by atoms with E-state index >= 15 is 0 Å². The van der Waals surface area contributed by atoms with E-state index in [1.54, 1.807) is 11.3 Å². The van der Waals surface area contributed by atoms with Gasteiger partial charge in [-0.25, -0.2) is 0 Å². The molecule has 1 aromatic rings. The summed E-state index contributed by atoms with van der Waals surface area (Å²) in [4.78, 5) is 17.1. The molecule has 0 bridgehead atoms. The van der Waals surface area contributed by atoms with Crippen LogP contribution in [-0.2, 0) is 4.74 Å². The second-order valence-electron chi connectivity index (χ2n) is 6.26.